The van der Waals surface area contributed by atoms with Crippen LogP contribution in [0.15, 0.2) is 40.7 Å². The molecule has 2 N–H and O–H groups in total. The number of anilines is 1. The van der Waals surface area contributed by atoms with Gasteiger partial charge in [0.15, 0.2) is 5.13 Å². The Morgan fingerprint density at radius 1 is 1.36 bits per heavy atom. The highest BCUT2D eigenvalue weighted by atomic mass is 32.2. The first-order chi connectivity index (χ1) is 10.5. The lowest BCUT2D eigenvalue weighted by Crippen LogP contribution is -2.34. The molecule has 3 rings (SSSR count). The molecule has 2 heterocycles. The maximum absolute atomic E-state index is 11.2. The maximum atomic E-state index is 11.2. The van der Waals surface area contributed by atoms with Crippen molar-refractivity contribution >= 4 is 26.5 Å². The lowest BCUT2D eigenvalue weighted by molar-refractivity contribution is 0.288. The fourth-order valence-corrected chi connectivity index (χ4v) is 3.79. The molecule has 0 amide bonds. The first kappa shape index (κ1) is 15.3. The highest BCUT2D eigenvalue weighted by Crippen LogP contribution is 2.27. The summed E-state index contributed by atoms with van der Waals surface area (Å²) >= 11 is 1.63. The summed E-state index contributed by atoms with van der Waals surface area (Å²) in [4.78, 5) is 6.71. The van der Waals surface area contributed by atoms with E-state index in [4.69, 9.17) is 9.88 Å². The summed E-state index contributed by atoms with van der Waals surface area (Å²) in [7, 11) is -3.66. The molecule has 1 aliphatic rings. The van der Waals surface area contributed by atoms with Gasteiger partial charge >= 0.3 is 0 Å². The third kappa shape index (κ3) is 3.40. The molecular formula is C14H17N3O3S2. The fourth-order valence-electron chi connectivity index (χ4n) is 2.54. The van der Waals surface area contributed by atoms with E-state index in [1.54, 1.807) is 23.5 Å². The van der Waals surface area contributed by atoms with E-state index in [1.165, 1.54) is 12.1 Å². The second-order valence-electron chi connectivity index (χ2n) is 5.13. The van der Waals surface area contributed by atoms with Crippen molar-refractivity contribution in [3.05, 3.63) is 35.8 Å². The fraction of sp³-hybridized carbons (Fsp3) is 0.357. The standard InChI is InChI=1S/C14H17N3O3S2/c15-22(18,19)13-5-3-12(4-6-13)20-10-11-2-1-8-17(11)14-16-7-9-21-14/h3-7,9,11H,1-2,8,10H2,(H2,15,18,19). The van der Waals surface area contributed by atoms with E-state index in [-0.39, 0.29) is 4.90 Å². The second kappa shape index (κ2) is 6.23. The number of aromatic nitrogens is 1. The van der Waals surface area contributed by atoms with Gasteiger partial charge in [-0.1, -0.05) is 0 Å². The maximum Gasteiger partial charge on any atom is 0.238 e. The first-order valence-corrected chi connectivity index (χ1v) is 9.38. The lowest BCUT2D eigenvalue weighted by atomic mass is 10.2. The minimum atomic E-state index is -3.66. The van der Waals surface area contributed by atoms with Crippen LogP contribution in [0.1, 0.15) is 12.8 Å². The SMILES string of the molecule is NS(=O)(=O)c1ccc(OCC2CCCN2c2nccs2)cc1. The number of benzene rings is 1. The first-order valence-electron chi connectivity index (χ1n) is 6.96. The van der Waals surface area contributed by atoms with Gasteiger partial charge in [-0.3, -0.25) is 0 Å². The molecule has 1 aromatic carbocycles. The molecule has 1 unspecified atom stereocenters. The van der Waals surface area contributed by atoms with Crippen molar-refractivity contribution in [3.8, 4) is 5.75 Å². The summed E-state index contributed by atoms with van der Waals surface area (Å²) in [6, 6.07) is 6.46. The van der Waals surface area contributed by atoms with Gasteiger partial charge in [-0.2, -0.15) is 0 Å². The number of nitrogens with two attached hydrogens (primary N) is 1. The molecule has 8 heteroatoms. The zero-order valence-electron chi connectivity index (χ0n) is 11.9. The molecule has 1 fully saturated rings. The van der Waals surface area contributed by atoms with Crippen molar-refractivity contribution in [2.75, 3.05) is 18.1 Å². The average Bonchev–Trinajstić information content (AvgIpc) is 3.15. The van der Waals surface area contributed by atoms with Crippen LogP contribution in [-0.2, 0) is 10.0 Å². The van der Waals surface area contributed by atoms with Gasteiger partial charge in [-0.05, 0) is 37.1 Å². The van der Waals surface area contributed by atoms with Gasteiger partial charge < -0.3 is 9.64 Å². The molecular weight excluding hydrogens is 322 g/mol. The van der Waals surface area contributed by atoms with Gasteiger partial charge in [0.1, 0.15) is 12.4 Å². The minimum Gasteiger partial charge on any atom is -0.491 e. The molecule has 6 nitrogen and oxygen atoms in total. The van der Waals surface area contributed by atoms with E-state index < -0.39 is 10.0 Å². The van der Waals surface area contributed by atoms with Crippen molar-refractivity contribution in [2.24, 2.45) is 5.14 Å². The Balaban J connectivity index is 1.62. The van der Waals surface area contributed by atoms with Gasteiger partial charge in [0.2, 0.25) is 10.0 Å². The van der Waals surface area contributed by atoms with Crippen LogP contribution >= 0.6 is 11.3 Å². The van der Waals surface area contributed by atoms with E-state index in [0.717, 1.165) is 24.5 Å². The summed E-state index contributed by atoms with van der Waals surface area (Å²) in [5.41, 5.74) is 0. The number of ether oxygens (including phenoxy) is 1. The normalized spacial score (nSPS) is 18.6. The predicted molar refractivity (Wildman–Crippen MR) is 85.8 cm³/mol. The molecule has 2 aromatic rings. The van der Waals surface area contributed by atoms with Crippen LogP contribution in [0, 0.1) is 0 Å². The zero-order chi connectivity index (χ0) is 15.6. The molecule has 1 atom stereocenters. The highest BCUT2D eigenvalue weighted by Gasteiger charge is 2.26. The third-order valence-electron chi connectivity index (χ3n) is 3.64. The smallest absolute Gasteiger partial charge is 0.238 e. The Labute approximate surface area is 133 Å². The van der Waals surface area contributed by atoms with Gasteiger partial charge in [0.25, 0.3) is 0 Å². The number of hydrogen-bond acceptors (Lipinski definition) is 6. The molecule has 118 valence electrons. The molecule has 0 bridgehead atoms. The summed E-state index contributed by atoms with van der Waals surface area (Å²) in [6.07, 6.45) is 4.00. The zero-order valence-corrected chi connectivity index (χ0v) is 13.5. The van der Waals surface area contributed by atoms with Crippen molar-refractivity contribution in [2.45, 2.75) is 23.8 Å². The molecule has 0 radical (unpaired) electrons. The van der Waals surface area contributed by atoms with Crippen LogP contribution < -0.4 is 14.8 Å². The van der Waals surface area contributed by atoms with Crippen LogP contribution in [-0.4, -0.2) is 32.6 Å². The number of thiazole rings is 1. The third-order valence-corrected chi connectivity index (χ3v) is 5.37. The van der Waals surface area contributed by atoms with Crippen molar-refractivity contribution < 1.29 is 13.2 Å². The summed E-state index contributed by atoms with van der Waals surface area (Å²) in [6.45, 7) is 1.54. The Hall–Kier alpha value is -1.64. The van der Waals surface area contributed by atoms with Crippen molar-refractivity contribution in [1.82, 2.24) is 4.98 Å². The van der Waals surface area contributed by atoms with Crippen LogP contribution in [0.4, 0.5) is 5.13 Å². The van der Waals surface area contributed by atoms with E-state index >= 15 is 0 Å². The van der Waals surface area contributed by atoms with Crippen molar-refractivity contribution in [1.29, 1.82) is 0 Å². The van der Waals surface area contributed by atoms with Gasteiger partial charge in [0.05, 0.1) is 10.9 Å². The second-order valence-corrected chi connectivity index (χ2v) is 7.57. The van der Waals surface area contributed by atoms with Crippen LogP contribution in [0.25, 0.3) is 0 Å². The monoisotopic (exact) mass is 339 g/mol. The predicted octanol–water partition coefficient (Wildman–Crippen LogP) is 1.84. The molecule has 0 aliphatic carbocycles. The van der Waals surface area contributed by atoms with E-state index in [2.05, 4.69) is 9.88 Å². The summed E-state index contributed by atoms with van der Waals surface area (Å²) < 4.78 is 28.2. The van der Waals surface area contributed by atoms with Crippen LogP contribution in [0.3, 0.4) is 0 Å². The minimum absolute atomic E-state index is 0.0881. The van der Waals surface area contributed by atoms with E-state index in [0.29, 0.717) is 18.4 Å². The largest absolute Gasteiger partial charge is 0.491 e. The highest BCUT2D eigenvalue weighted by molar-refractivity contribution is 7.89. The summed E-state index contributed by atoms with van der Waals surface area (Å²) in [5.74, 6) is 0.637. The van der Waals surface area contributed by atoms with E-state index in [9.17, 15) is 8.42 Å². The Morgan fingerprint density at radius 3 is 2.77 bits per heavy atom. The molecule has 22 heavy (non-hydrogen) atoms. The quantitative estimate of drug-likeness (QED) is 0.898. The number of rotatable bonds is 5. The topological polar surface area (TPSA) is 85.5 Å². The average molecular weight is 339 g/mol. The van der Waals surface area contributed by atoms with Gasteiger partial charge in [-0.25, -0.2) is 18.5 Å². The van der Waals surface area contributed by atoms with Crippen LogP contribution in [0.5, 0.6) is 5.75 Å². The van der Waals surface area contributed by atoms with Crippen LogP contribution in [0.2, 0.25) is 0 Å². The van der Waals surface area contributed by atoms with Gasteiger partial charge in [-0.15, -0.1) is 11.3 Å². The molecule has 0 saturated carbocycles. The number of hydrogen-bond donors (Lipinski definition) is 1. The Kier molecular flexibility index (Phi) is 4.32. The number of sulfonamides is 1. The Bertz CT molecular complexity index is 714. The Morgan fingerprint density at radius 2 is 2.14 bits per heavy atom. The molecule has 1 aliphatic heterocycles. The molecule has 1 saturated heterocycles. The van der Waals surface area contributed by atoms with E-state index in [1.807, 2.05) is 11.6 Å². The molecule has 0 spiro atoms. The summed E-state index contributed by atoms with van der Waals surface area (Å²) in [5, 5.41) is 8.07. The lowest BCUT2D eigenvalue weighted by Gasteiger charge is -2.24. The number of nitrogens with zero attached hydrogens (tertiary/aromatic N) is 2. The van der Waals surface area contributed by atoms with Gasteiger partial charge in [0, 0.05) is 18.1 Å². The number of primary sulfonamides is 1. The van der Waals surface area contributed by atoms with Crippen molar-refractivity contribution in [3.63, 3.8) is 0 Å². The molecule has 1 aromatic heterocycles.